The second-order valence-corrected chi connectivity index (χ2v) is 6.27. The number of methoxy groups -OCH3 is 1. The van der Waals surface area contributed by atoms with Crippen LogP contribution in [0, 0.1) is 11.8 Å². The summed E-state index contributed by atoms with van der Waals surface area (Å²) >= 11 is 0. The summed E-state index contributed by atoms with van der Waals surface area (Å²) < 4.78 is 10.5. The molecule has 0 bridgehead atoms. The summed E-state index contributed by atoms with van der Waals surface area (Å²) in [5, 5.41) is 13.0. The number of aromatic nitrogens is 1. The zero-order chi connectivity index (χ0) is 17.5. The highest BCUT2D eigenvalue weighted by Crippen LogP contribution is 2.23. The van der Waals surface area contributed by atoms with E-state index in [9.17, 15) is 10.0 Å². The Kier molecular flexibility index (Phi) is 6.40. The summed E-state index contributed by atoms with van der Waals surface area (Å²) in [7, 11) is 1.41. The first kappa shape index (κ1) is 18.0. The molecule has 1 aliphatic rings. The van der Waals surface area contributed by atoms with Gasteiger partial charge in [-0.3, -0.25) is 4.79 Å². The summed E-state index contributed by atoms with van der Waals surface area (Å²) in [6.07, 6.45) is 2.97. The summed E-state index contributed by atoms with van der Waals surface area (Å²) in [6, 6.07) is 3.61. The van der Waals surface area contributed by atoms with Crippen LogP contribution in [-0.2, 0) is 9.53 Å². The average molecular weight is 335 g/mol. The van der Waals surface area contributed by atoms with Crippen LogP contribution in [0.3, 0.4) is 0 Å². The number of piperidine rings is 1. The molecule has 0 spiro atoms. The molecule has 7 nitrogen and oxygen atoms in total. The fraction of sp³-hybridized carbons (Fsp3) is 0.588. The van der Waals surface area contributed by atoms with Gasteiger partial charge in [-0.1, -0.05) is 19.0 Å². The van der Waals surface area contributed by atoms with Gasteiger partial charge in [-0.05, 0) is 30.9 Å². The number of carbonyl (C=O) groups is 1. The van der Waals surface area contributed by atoms with Crippen LogP contribution in [0.5, 0.6) is 5.88 Å². The van der Waals surface area contributed by atoms with Crippen LogP contribution in [-0.4, -0.2) is 53.7 Å². The third kappa shape index (κ3) is 4.37. The van der Waals surface area contributed by atoms with Crippen LogP contribution in [0.2, 0.25) is 0 Å². The molecule has 0 radical (unpaired) electrons. The zero-order valence-corrected chi connectivity index (χ0v) is 14.4. The maximum atomic E-state index is 11.6. The van der Waals surface area contributed by atoms with E-state index in [4.69, 9.17) is 9.47 Å². The van der Waals surface area contributed by atoms with E-state index < -0.39 is 0 Å². The van der Waals surface area contributed by atoms with Crippen molar-refractivity contribution in [2.45, 2.75) is 26.7 Å². The molecule has 24 heavy (non-hydrogen) atoms. The van der Waals surface area contributed by atoms with Gasteiger partial charge < -0.3 is 19.6 Å². The normalized spacial score (nSPS) is 16.3. The molecule has 1 aliphatic heterocycles. The number of oxime groups is 1. The van der Waals surface area contributed by atoms with Gasteiger partial charge in [-0.25, -0.2) is 4.98 Å². The Morgan fingerprint density at radius 2 is 2.17 bits per heavy atom. The molecule has 0 amide bonds. The summed E-state index contributed by atoms with van der Waals surface area (Å²) in [4.78, 5) is 17.8. The number of nitrogens with zero attached hydrogens (tertiary/aromatic N) is 3. The van der Waals surface area contributed by atoms with Gasteiger partial charge in [0.05, 0.1) is 25.2 Å². The smallest absolute Gasteiger partial charge is 0.308 e. The maximum Gasteiger partial charge on any atom is 0.308 e. The Morgan fingerprint density at radius 3 is 2.75 bits per heavy atom. The minimum atomic E-state index is -0.181. The van der Waals surface area contributed by atoms with E-state index in [2.05, 4.69) is 24.0 Å². The fourth-order valence-corrected chi connectivity index (χ4v) is 2.70. The average Bonchev–Trinajstić information content (AvgIpc) is 2.61. The van der Waals surface area contributed by atoms with Crippen molar-refractivity contribution in [2.75, 3.05) is 26.8 Å². The molecule has 132 valence electrons. The Balaban J connectivity index is 2.11. The highest BCUT2D eigenvalue weighted by atomic mass is 16.5. The van der Waals surface area contributed by atoms with E-state index in [-0.39, 0.29) is 11.9 Å². The highest BCUT2D eigenvalue weighted by Gasteiger charge is 2.29. The predicted octanol–water partition coefficient (Wildman–Crippen LogP) is 2.14. The van der Waals surface area contributed by atoms with Crippen molar-refractivity contribution in [1.82, 2.24) is 9.88 Å². The number of rotatable bonds is 5. The van der Waals surface area contributed by atoms with Crippen LogP contribution in [0.25, 0.3) is 0 Å². The van der Waals surface area contributed by atoms with Crippen LogP contribution in [0.15, 0.2) is 23.5 Å². The van der Waals surface area contributed by atoms with Gasteiger partial charge in [0, 0.05) is 19.3 Å². The fourth-order valence-electron chi connectivity index (χ4n) is 2.70. The molecular formula is C17H25N3O4. The summed E-state index contributed by atoms with van der Waals surface area (Å²) in [6.45, 7) is 5.87. The first-order chi connectivity index (χ1) is 11.6. The van der Waals surface area contributed by atoms with Crippen LogP contribution in [0.1, 0.15) is 32.3 Å². The predicted molar refractivity (Wildman–Crippen MR) is 89.2 cm³/mol. The van der Waals surface area contributed by atoms with E-state index in [1.807, 2.05) is 11.0 Å². The lowest BCUT2D eigenvalue weighted by atomic mass is 9.96. The zero-order valence-electron chi connectivity index (χ0n) is 14.4. The topological polar surface area (TPSA) is 84.2 Å². The molecule has 1 aromatic heterocycles. The molecule has 7 heteroatoms. The van der Waals surface area contributed by atoms with Gasteiger partial charge in [0.1, 0.15) is 0 Å². The SMILES string of the molecule is COC(=O)C1CCN(/C(=N\O)c2cccnc2OCC(C)C)CC1. The van der Waals surface area contributed by atoms with Gasteiger partial charge in [0.15, 0.2) is 5.84 Å². The standard InChI is InChI=1S/C17H25N3O4/c1-12(2)11-24-16-14(5-4-8-18-16)15(19-22)20-9-6-13(7-10-20)17(21)23-3/h4-5,8,12-13,22H,6-7,9-11H2,1-3H3/b19-15-. The van der Waals surface area contributed by atoms with Crippen LogP contribution >= 0.6 is 0 Å². The van der Waals surface area contributed by atoms with Crippen molar-refractivity contribution < 1.29 is 19.5 Å². The van der Waals surface area contributed by atoms with E-state index in [0.29, 0.717) is 55.7 Å². The number of hydrogen-bond donors (Lipinski definition) is 1. The van der Waals surface area contributed by atoms with Crippen molar-refractivity contribution in [3.05, 3.63) is 23.9 Å². The Morgan fingerprint density at radius 1 is 1.46 bits per heavy atom. The minimum Gasteiger partial charge on any atom is -0.477 e. The highest BCUT2D eigenvalue weighted by molar-refractivity contribution is 6.00. The second-order valence-electron chi connectivity index (χ2n) is 6.27. The van der Waals surface area contributed by atoms with Crippen molar-refractivity contribution in [3.63, 3.8) is 0 Å². The second kappa shape index (κ2) is 8.52. The lowest BCUT2D eigenvalue weighted by Gasteiger charge is -2.32. The molecule has 0 atom stereocenters. The van der Waals surface area contributed by atoms with E-state index in [1.54, 1.807) is 12.3 Å². The third-order valence-electron chi connectivity index (χ3n) is 3.99. The van der Waals surface area contributed by atoms with E-state index in [1.165, 1.54) is 7.11 Å². The third-order valence-corrected chi connectivity index (χ3v) is 3.99. The first-order valence-electron chi connectivity index (χ1n) is 8.19. The molecule has 0 aliphatic carbocycles. The maximum absolute atomic E-state index is 11.6. The number of carbonyl (C=O) groups excluding carboxylic acids is 1. The van der Waals surface area contributed by atoms with E-state index in [0.717, 1.165) is 0 Å². The molecule has 2 heterocycles. The van der Waals surface area contributed by atoms with Crippen LogP contribution in [0.4, 0.5) is 0 Å². The van der Waals surface area contributed by atoms with Gasteiger partial charge in [-0.2, -0.15) is 0 Å². The van der Waals surface area contributed by atoms with Crippen LogP contribution < -0.4 is 4.74 Å². The molecular weight excluding hydrogens is 310 g/mol. The summed E-state index contributed by atoms with van der Waals surface area (Å²) in [5.41, 5.74) is 0.650. The quantitative estimate of drug-likeness (QED) is 0.292. The van der Waals surface area contributed by atoms with Gasteiger partial charge >= 0.3 is 5.97 Å². The molecule has 0 aromatic carbocycles. The minimum absolute atomic E-state index is 0.100. The largest absolute Gasteiger partial charge is 0.477 e. The van der Waals surface area contributed by atoms with Gasteiger partial charge in [-0.15, -0.1) is 0 Å². The molecule has 0 unspecified atom stereocenters. The molecule has 0 saturated carbocycles. The van der Waals surface area contributed by atoms with Gasteiger partial charge in [0.25, 0.3) is 0 Å². The molecule has 2 rings (SSSR count). The number of amidine groups is 1. The van der Waals surface area contributed by atoms with Crippen molar-refractivity contribution >= 4 is 11.8 Å². The number of esters is 1. The number of likely N-dealkylation sites (tertiary alicyclic amines) is 1. The monoisotopic (exact) mass is 335 g/mol. The van der Waals surface area contributed by atoms with E-state index >= 15 is 0 Å². The summed E-state index contributed by atoms with van der Waals surface area (Å²) in [5.74, 6) is 0.959. The lowest BCUT2D eigenvalue weighted by molar-refractivity contribution is -0.146. The first-order valence-corrected chi connectivity index (χ1v) is 8.19. The van der Waals surface area contributed by atoms with Gasteiger partial charge in [0.2, 0.25) is 5.88 Å². The number of hydrogen-bond acceptors (Lipinski definition) is 6. The molecule has 1 saturated heterocycles. The molecule has 1 N–H and O–H groups in total. The lowest BCUT2D eigenvalue weighted by Crippen LogP contribution is -2.41. The van der Waals surface area contributed by atoms with Crippen molar-refractivity contribution in [3.8, 4) is 5.88 Å². The number of pyridine rings is 1. The number of ether oxygens (including phenoxy) is 2. The van der Waals surface area contributed by atoms with Crippen molar-refractivity contribution in [2.24, 2.45) is 17.0 Å². The molecule has 1 aromatic rings. The Bertz CT molecular complexity index is 581. The molecule has 1 fully saturated rings. The Labute approximate surface area is 142 Å². The van der Waals surface area contributed by atoms with Crippen molar-refractivity contribution in [1.29, 1.82) is 0 Å². The Hall–Kier alpha value is -2.31.